The fraction of sp³-hybridized carbons (Fsp3) is 0.0714. The molecule has 1 aromatic heterocycles. The first-order valence-electron chi connectivity index (χ1n) is 5.25. The number of rotatable bonds is 2. The van der Waals surface area contributed by atoms with Crippen LogP contribution >= 0.6 is 0 Å². The first-order chi connectivity index (χ1) is 7.85. The highest BCUT2D eigenvalue weighted by Crippen LogP contribution is 2.10. The summed E-state index contributed by atoms with van der Waals surface area (Å²) in [5, 5.41) is 1.95. The summed E-state index contributed by atoms with van der Waals surface area (Å²) < 4.78 is 0. The summed E-state index contributed by atoms with van der Waals surface area (Å²) in [6, 6.07) is 10.1. The van der Waals surface area contributed by atoms with Crippen molar-refractivity contribution < 1.29 is 0 Å². The van der Waals surface area contributed by atoms with E-state index in [1.165, 1.54) is 0 Å². The number of aromatic nitrogens is 2. The topological polar surface area (TPSA) is 28.7 Å². The maximum atomic E-state index is 4.53. The number of hydrogen-bond donors (Lipinski definition) is 1. The lowest BCUT2D eigenvalue weighted by molar-refractivity contribution is 1.28. The number of hydrogen-bond acceptors (Lipinski definition) is 1. The molecule has 0 amide bonds. The fourth-order valence-electron chi connectivity index (χ4n) is 1.60. The molecule has 0 unspecified atom stereocenters. The second-order valence-electron chi connectivity index (χ2n) is 3.44. The summed E-state index contributed by atoms with van der Waals surface area (Å²) in [7, 11) is 0. The maximum Gasteiger partial charge on any atom is 0.138 e. The average molecular weight is 210 g/mol. The van der Waals surface area contributed by atoms with E-state index in [1.54, 1.807) is 6.08 Å². The zero-order valence-electron chi connectivity index (χ0n) is 9.27. The molecule has 2 nitrogen and oxygen atoms in total. The quantitative estimate of drug-likeness (QED) is 0.805. The van der Waals surface area contributed by atoms with Crippen LogP contribution in [0.25, 0.3) is 23.5 Å². The molecule has 0 bridgehead atoms. The van der Waals surface area contributed by atoms with Gasteiger partial charge in [-0.05, 0) is 13.0 Å². The molecule has 16 heavy (non-hydrogen) atoms. The third kappa shape index (κ3) is 1.96. The van der Waals surface area contributed by atoms with Gasteiger partial charge in [-0.1, -0.05) is 49.1 Å². The molecule has 0 saturated heterocycles. The van der Waals surface area contributed by atoms with Crippen molar-refractivity contribution in [2.45, 2.75) is 6.92 Å². The van der Waals surface area contributed by atoms with Gasteiger partial charge < -0.3 is 4.98 Å². The van der Waals surface area contributed by atoms with Crippen LogP contribution in [0.15, 0.2) is 43.0 Å². The molecule has 0 radical (unpaired) electrons. The van der Waals surface area contributed by atoms with E-state index in [9.17, 15) is 0 Å². The summed E-state index contributed by atoms with van der Waals surface area (Å²) >= 11 is 0. The predicted molar refractivity (Wildman–Crippen MR) is 68.1 cm³/mol. The molecule has 2 heteroatoms. The fourth-order valence-corrected chi connectivity index (χ4v) is 1.60. The maximum absolute atomic E-state index is 4.53. The van der Waals surface area contributed by atoms with Gasteiger partial charge in [0.2, 0.25) is 0 Å². The van der Waals surface area contributed by atoms with E-state index >= 15 is 0 Å². The Labute approximate surface area is 94.7 Å². The molecule has 0 saturated carbocycles. The van der Waals surface area contributed by atoms with E-state index in [0.29, 0.717) is 0 Å². The molecular formula is C14H14N2. The number of nitrogens with zero attached hydrogens (tertiary/aromatic N) is 1. The molecule has 1 N–H and O–H groups in total. The number of benzene rings is 1. The molecule has 0 aliphatic carbocycles. The van der Waals surface area contributed by atoms with Gasteiger partial charge in [0.15, 0.2) is 0 Å². The number of imidazole rings is 1. The molecule has 80 valence electrons. The lowest BCUT2D eigenvalue weighted by atomic mass is 10.2. The Bertz CT molecular complexity index is 591. The monoisotopic (exact) mass is 210 g/mol. The predicted octanol–water partition coefficient (Wildman–Crippen LogP) is 1.84. The molecule has 0 aliphatic rings. The average Bonchev–Trinajstić information content (AvgIpc) is 2.74. The van der Waals surface area contributed by atoms with Crippen LogP contribution in [0, 0.1) is 0 Å². The van der Waals surface area contributed by atoms with Gasteiger partial charge in [-0.3, -0.25) is 0 Å². The van der Waals surface area contributed by atoms with Crippen molar-refractivity contribution in [1.82, 2.24) is 9.97 Å². The largest absolute Gasteiger partial charge is 0.338 e. The number of nitrogens with one attached hydrogen (secondary N) is 1. The van der Waals surface area contributed by atoms with Crippen LogP contribution in [-0.2, 0) is 0 Å². The normalized spacial score (nSPS) is 13.1. The van der Waals surface area contributed by atoms with Crippen LogP contribution in [0.2, 0.25) is 0 Å². The van der Waals surface area contributed by atoms with Gasteiger partial charge in [-0.15, -0.1) is 0 Å². The van der Waals surface area contributed by atoms with Crippen molar-refractivity contribution in [3.63, 3.8) is 0 Å². The molecule has 2 rings (SSSR count). The van der Waals surface area contributed by atoms with E-state index < -0.39 is 0 Å². The molecule has 2 aromatic rings. The summed E-state index contributed by atoms with van der Waals surface area (Å²) in [5.74, 6) is 0.891. The zero-order valence-corrected chi connectivity index (χ0v) is 9.27. The molecule has 1 aromatic carbocycles. The van der Waals surface area contributed by atoms with Crippen LogP contribution in [0.4, 0.5) is 0 Å². The van der Waals surface area contributed by atoms with E-state index in [1.807, 2.05) is 49.4 Å². The van der Waals surface area contributed by atoms with E-state index in [4.69, 9.17) is 0 Å². The Hall–Kier alpha value is -2.09. The van der Waals surface area contributed by atoms with Gasteiger partial charge in [0, 0.05) is 5.56 Å². The van der Waals surface area contributed by atoms with Gasteiger partial charge in [-0.25, -0.2) is 4.98 Å². The highest BCUT2D eigenvalue weighted by Gasteiger charge is 2.00. The Kier molecular flexibility index (Phi) is 3.01. The minimum absolute atomic E-state index is 0.891. The van der Waals surface area contributed by atoms with Crippen molar-refractivity contribution >= 4 is 12.2 Å². The van der Waals surface area contributed by atoms with Crippen molar-refractivity contribution in [2.24, 2.45) is 0 Å². The van der Waals surface area contributed by atoms with E-state index in [-0.39, 0.29) is 0 Å². The Morgan fingerprint density at radius 3 is 2.62 bits per heavy atom. The van der Waals surface area contributed by atoms with Crippen LogP contribution in [0.3, 0.4) is 0 Å². The van der Waals surface area contributed by atoms with Gasteiger partial charge >= 0.3 is 0 Å². The van der Waals surface area contributed by atoms with Crippen molar-refractivity contribution in [3.8, 4) is 11.4 Å². The smallest absolute Gasteiger partial charge is 0.138 e. The number of H-pyrrole nitrogens is 1. The van der Waals surface area contributed by atoms with E-state index in [0.717, 1.165) is 22.1 Å². The third-order valence-corrected chi connectivity index (χ3v) is 2.37. The Morgan fingerprint density at radius 2 is 2.00 bits per heavy atom. The Morgan fingerprint density at radius 1 is 1.25 bits per heavy atom. The summed E-state index contributed by atoms with van der Waals surface area (Å²) in [6.45, 7) is 5.67. The standard InChI is InChI=1S/C14H14N2/c1-3-8-13-12(4-2)15-14(16-13)11-9-6-5-7-10-11/h3-10H,1H2,2H3,(H,15,16)/b12-4+,13-8+. The van der Waals surface area contributed by atoms with Crippen LogP contribution in [0.5, 0.6) is 0 Å². The van der Waals surface area contributed by atoms with Crippen molar-refractivity contribution in [3.05, 3.63) is 53.7 Å². The second kappa shape index (κ2) is 4.62. The molecule has 0 spiro atoms. The summed E-state index contributed by atoms with van der Waals surface area (Å²) in [6.07, 6.45) is 5.67. The van der Waals surface area contributed by atoms with Gasteiger partial charge in [0.05, 0.1) is 10.7 Å². The number of allylic oxidation sites excluding steroid dienone is 1. The summed E-state index contributed by atoms with van der Waals surface area (Å²) in [5.41, 5.74) is 1.09. The van der Waals surface area contributed by atoms with Gasteiger partial charge in [0.25, 0.3) is 0 Å². The third-order valence-electron chi connectivity index (χ3n) is 2.37. The lowest BCUT2D eigenvalue weighted by Crippen LogP contribution is -2.23. The van der Waals surface area contributed by atoms with Crippen LogP contribution < -0.4 is 10.7 Å². The molecule has 0 atom stereocenters. The zero-order chi connectivity index (χ0) is 11.4. The molecular weight excluding hydrogens is 196 g/mol. The Balaban J connectivity index is 2.62. The van der Waals surface area contributed by atoms with Crippen LogP contribution in [0.1, 0.15) is 6.92 Å². The van der Waals surface area contributed by atoms with Gasteiger partial charge in [-0.2, -0.15) is 0 Å². The first-order valence-corrected chi connectivity index (χ1v) is 5.25. The highest BCUT2D eigenvalue weighted by atomic mass is 14.9. The molecule has 0 fully saturated rings. The van der Waals surface area contributed by atoms with Gasteiger partial charge in [0.1, 0.15) is 5.82 Å². The van der Waals surface area contributed by atoms with Crippen molar-refractivity contribution in [1.29, 1.82) is 0 Å². The number of aromatic amines is 1. The van der Waals surface area contributed by atoms with Crippen LogP contribution in [-0.4, -0.2) is 9.97 Å². The second-order valence-corrected chi connectivity index (χ2v) is 3.44. The first kappa shape index (κ1) is 10.4. The minimum Gasteiger partial charge on any atom is -0.338 e. The summed E-state index contributed by atoms with van der Waals surface area (Å²) in [4.78, 5) is 7.81. The molecule has 1 heterocycles. The SMILES string of the molecule is C=C/C=c1/[nH]c(-c2ccccc2)n/c1=C/C. The van der Waals surface area contributed by atoms with Crippen molar-refractivity contribution in [2.75, 3.05) is 0 Å². The molecule has 0 aliphatic heterocycles. The minimum atomic E-state index is 0.891. The lowest BCUT2D eigenvalue weighted by Gasteiger charge is -1.93. The van der Waals surface area contributed by atoms with E-state index in [2.05, 4.69) is 16.5 Å². The highest BCUT2D eigenvalue weighted by molar-refractivity contribution is 5.55.